The highest BCUT2D eigenvalue weighted by Crippen LogP contribution is 2.36. The van der Waals surface area contributed by atoms with E-state index in [-0.39, 0.29) is 11.3 Å². The lowest BCUT2D eigenvalue weighted by atomic mass is 9.79. The molecule has 1 fully saturated rings. The van der Waals surface area contributed by atoms with Crippen molar-refractivity contribution in [2.24, 2.45) is 11.1 Å². The maximum atomic E-state index is 12.8. The van der Waals surface area contributed by atoms with Crippen molar-refractivity contribution in [1.29, 1.82) is 0 Å². The van der Waals surface area contributed by atoms with E-state index in [0.717, 1.165) is 47.8 Å². The molecular formula is C17H25BrN2O. The number of hydrogen-bond acceptors (Lipinski definition) is 2. The van der Waals surface area contributed by atoms with E-state index in [2.05, 4.69) is 34.2 Å². The van der Waals surface area contributed by atoms with Crippen molar-refractivity contribution in [3.63, 3.8) is 0 Å². The number of carbonyl (C=O) groups excluding carboxylic acids is 1. The summed E-state index contributed by atoms with van der Waals surface area (Å²) in [6, 6.07) is 6.01. The van der Waals surface area contributed by atoms with Crippen LogP contribution in [0.2, 0.25) is 0 Å². The minimum Gasteiger partial charge on any atom is -0.329 e. The second kappa shape index (κ2) is 7.41. The van der Waals surface area contributed by atoms with Gasteiger partial charge in [-0.25, -0.2) is 0 Å². The van der Waals surface area contributed by atoms with Crippen LogP contribution in [0.15, 0.2) is 22.7 Å². The molecular weight excluding hydrogens is 328 g/mol. The van der Waals surface area contributed by atoms with Gasteiger partial charge in [-0.3, -0.25) is 4.79 Å². The lowest BCUT2D eigenvalue weighted by Gasteiger charge is -2.30. The largest absolute Gasteiger partial charge is 0.329 e. The van der Waals surface area contributed by atoms with Gasteiger partial charge in [0.2, 0.25) is 5.91 Å². The molecule has 2 rings (SSSR count). The van der Waals surface area contributed by atoms with Crippen molar-refractivity contribution in [2.45, 2.75) is 51.9 Å². The third-order valence-electron chi connectivity index (χ3n) is 4.63. The van der Waals surface area contributed by atoms with Crippen LogP contribution >= 0.6 is 15.9 Å². The first-order valence-corrected chi connectivity index (χ1v) is 8.70. The van der Waals surface area contributed by atoms with Crippen molar-refractivity contribution < 1.29 is 4.79 Å². The van der Waals surface area contributed by atoms with E-state index in [9.17, 15) is 4.79 Å². The summed E-state index contributed by atoms with van der Waals surface area (Å²) < 4.78 is 1.04. The third kappa shape index (κ3) is 3.86. The lowest BCUT2D eigenvalue weighted by Crippen LogP contribution is -2.42. The maximum absolute atomic E-state index is 12.8. The monoisotopic (exact) mass is 352 g/mol. The van der Waals surface area contributed by atoms with E-state index in [0.29, 0.717) is 6.54 Å². The number of nitrogens with two attached hydrogens (primary N) is 1. The first kappa shape index (κ1) is 16.5. The van der Waals surface area contributed by atoms with Crippen LogP contribution in [0.25, 0.3) is 0 Å². The molecule has 21 heavy (non-hydrogen) atoms. The fourth-order valence-electron chi connectivity index (χ4n) is 3.16. The van der Waals surface area contributed by atoms with E-state index >= 15 is 0 Å². The second-order valence-corrected chi connectivity index (χ2v) is 6.92. The first-order chi connectivity index (χ1) is 10.1. The maximum Gasteiger partial charge on any atom is 0.231 e. The fourth-order valence-corrected chi connectivity index (χ4v) is 3.57. The molecule has 3 nitrogen and oxygen atoms in total. The summed E-state index contributed by atoms with van der Waals surface area (Å²) in [5.41, 5.74) is 7.68. The molecule has 0 saturated heterocycles. The van der Waals surface area contributed by atoms with E-state index in [1.54, 1.807) is 0 Å². The van der Waals surface area contributed by atoms with Gasteiger partial charge in [0, 0.05) is 16.7 Å². The average Bonchev–Trinajstić information content (AvgIpc) is 2.75. The van der Waals surface area contributed by atoms with Gasteiger partial charge < -0.3 is 11.1 Å². The molecule has 1 saturated carbocycles. The summed E-state index contributed by atoms with van der Waals surface area (Å²) in [5, 5.41) is 3.14. The number of aryl methyl sites for hydroxylation is 1. The number of nitrogens with one attached hydrogen (secondary N) is 1. The highest BCUT2D eigenvalue weighted by Gasteiger charge is 2.37. The Balaban J connectivity index is 2.19. The molecule has 116 valence electrons. The van der Waals surface area contributed by atoms with Gasteiger partial charge in [0.1, 0.15) is 0 Å². The molecule has 3 N–H and O–H groups in total. The summed E-state index contributed by atoms with van der Waals surface area (Å²) in [4.78, 5) is 12.8. The number of carbonyl (C=O) groups is 1. The molecule has 0 spiro atoms. The zero-order valence-corrected chi connectivity index (χ0v) is 14.3. The highest BCUT2D eigenvalue weighted by molar-refractivity contribution is 9.10. The van der Waals surface area contributed by atoms with Crippen LogP contribution in [-0.4, -0.2) is 12.5 Å². The van der Waals surface area contributed by atoms with Crippen molar-refractivity contribution in [3.8, 4) is 0 Å². The van der Waals surface area contributed by atoms with Crippen LogP contribution in [0.1, 0.15) is 51.0 Å². The van der Waals surface area contributed by atoms with Gasteiger partial charge >= 0.3 is 0 Å². The Bertz CT molecular complexity index is 494. The Morgan fingerprint density at radius 3 is 2.52 bits per heavy atom. The summed E-state index contributed by atoms with van der Waals surface area (Å²) >= 11 is 3.48. The van der Waals surface area contributed by atoms with Crippen LogP contribution in [-0.2, 0) is 11.2 Å². The predicted octanol–water partition coefficient (Wildman–Crippen LogP) is 4.25. The molecule has 1 amide bonds. The molecule has 0 radical (unpaired) electrons. The number of benzene rings is 1. The zero-order valence-electron chi connectivity index (χ0n) is 12.8. The molecule has 1 aromatic rings. The lowest BCUT2D eigenvalue weighted by molar-refractivity contribution is -0.125. The van der Waals surface area contributed by atoms with Gasteiger partial charge in [0.25, 0.3) is 0 Å². The quantitative estimate of drug-likeness (QED) is 0.795. The molecule has 0 aliphatic heterocycles. The number of halogens is 1. The Labute approximate surface area is 135 Å². The van der Waals surface area contributed by atoms with Crippen LogP contribution < -0.4 is 11.1 Å². The molecule has 0 unspecified atom stereocenters. The van der Waals surface area contributed by atoms with E-state index < -0.39 is 0 Å². The Morgan fingerprint density at radius 1 is 1.29 bits per heavy atom. The predicted molar refractivity (Wildman–Crippen MR) is 91.3 cm³/mol. The van der Waals surface area contributed by atoms with E-state index in [1.165, 1.54) is 12.8 Å². The van der Waals surface area contributed by atoms with E-state index in [4.69, 9.17) is 5.73 Å². The Hall–Kier alpha value is -0.870. The number of rotatable bonds is 4. The minimum absolute atomic E-state index is 0.101. The van der Waals surface area contributed by atoms with Crippen LogP contribution in [0.5, 0.6) is 0 Å². The van der Waals surface area contributed by atoms with Gasteiger partial charge in [-0.1, -0.05) is 48.5 Å². The second-order valence-electron chi connectivity index (χ2n) is 6.01. The fraction of sp³-hybridized carbons (Fsp3) is 0.588. The summed E-state index contributed by atoms with van der Waals surface area (Å²) in [6.45, 7) is 2.54. The SMILES string of the molecule is CCc1cc(Br)ccc1NC(=O)C1(CN)CCCCCC1. The highest BCUT2D eigenvalue weighted by atomic mass is 79.9. The summed E-state index contributed by atoms with van der Waals surface area (Å²) in [5.74, 6) is 0.101. The van der Waals surface area contributed by atoms with Gasteiger partial charge in [0.05, 0.1) is 5.41 Å². The summed E-state index contributed by atoms with van der Waals surface area (Å²) in [6.07, 6.45) is 7.35. The number of anilines is 1. The molecule has 0 heterocycles. The van der Waals surface area contributed by atoms with Crippen molar-refractivity contribution in [1.82, 2.24) is 0 Å². The molecule has 0 bridgehead atoms. The normalized spacial score (nSPS) is 18.0. The molecule has 0 atom stereocenters. The first-order valence-electron chi connectivity index (χ1n) is 7.91. The average molecular weight is 353 g/mol. The van der Waals surface area contributed by atoms with Crippen LogP contribution in [0, 0.1) is 5.41 Å². The van der Waals surface area contributed by atoms with Crippen molar-refractivity contribution in [2.75, 3.05) is 11.9 Å². The molecule has 0 aromatic heterocycles. The minimum atomic E-state index is -0.380. The Morgan fingerprint density at radius 2 is 1.95 bits per heavy atom. The molecule has 1 aliphatic rings. The zero-order chi connectivity index (χ0) is 15.3. The summed E-state index contributed by atoms with van der Waals surface area (Å²) in [7, 11) is 0. The van der Waals surface area contributed by atoms with Crippen molar-refractivity contribution in [3.05, 3.63) is 28.2 Å². The van der Waals surface area contributed by atoms with Gasteiger partial charge in [-0.15, -0.1) is 0 Å². The van der Waals surface area contributed by atoms with E-state index in [1.807, 2.05) is 12.1 Å². The van der Waals surface area contributed by atoms with Crippen LogP contribution in [0.3, 0.4) is 0 Å². The number of hydrogen-bond donors (Lipinski definition) is 2. The standard InChI is InChI=1S/C17H25BrN2O/c1-2-13-11-14(18)7-8-15(13)20-16(21)17(12-19)9-5-3-4-6-10-17/h7-8,11H,2-6,9-10,12,19H2,1H3,(H,20,21). The van der Waals surface area contributed by atoms with Crippen LogP contribution in [0.4, 0.5) is 5.69 Å². The van der Waals surface area contributed by atoms with Gasteiger partial charge in [-0.2, -0.15) is 0 Å². The third-order valence-corrected chi connectivity index (χ3v) is 5.12. The van der Waals surface area contributed by atoms with Crippen molar-refractivity contribution >= 4 is 27.5 Å². The topological polar surface area (TPSA) is 55.1 Å². The number of amides is 1. The molecule has 1 aliphatic carbocycles. The molecule has 4 heteroatoms. The van der Waals surface area contributed by atoms with Gasteiger partial charge in [0.15, 0.2) is 0 Å². The van der Waals surface area contributed by atoms with Gasteiger partial charge in [-0.05, 0) is 43.0 Å². The molecule has 1 aromatic carbocycles. The smallest absolute Gasteiger partial charge is 0.231 e. The Kier molecular flexibility index (Phi) is 5.82.